The highest BCUT2D eigenvalue weighted by atomic mass is 14.7. The SMILES string of the molecule is CC(C)c1cccc(C(C)C)c1N=Cc1c2ccccc2cc2ccccc12.Cc1cccc(C)c1N=Cc1ccccc1. The Labute approximate surface area is 262 Å². The molecule has 0 fully saturated rings. The Morgan fingerprint density at radius 2 is 0.955 bits per heavy atom. The number of aryl methyl sites for hydroxylation is 2. The van der Waals surface area contributed by atoms with Gasteiger partial charge in [-0.2, -0.15) is 0 Å². The van der Waals surface area contributed by atoms with Crippen LogP contribution in [0.25, 0.3) is 21.5 Å². The van der Waals surface area contributed by atoms with E-state index in [-0.39, 0.29) is 0 Å². The predicted octanol–water partition coefficient (Wildman–Crippen LogP) is 12.0. The first kappa shape index (κ1) is 30.6. The van der Waals surface area contributed by atoms with Gasteiger partial charge in [0.1, 0.15) is 0 Å². The number of fused-ring (bicyclic) bond motifs is 2. The minimum absolute atomic E-state index is 0.440. The molecule has 0 spiro atoms. The van der Waals surface area contributed by atoms with Crippen molar-refractivity contribution in [1.82, 2.24) is 0 Å². The zero-order chi connectivity index (χ0) is 31.1. The highest BCUT2D eigenvalue weighted by Crippen LogP contribution is 2.35. The third kappa shape index (κ3) is 7.03. The summed E-state index contributed by atoms with van der Waals surface area (Å²) in [6, 6.07) is 42.4. The van der Waals surface area contributed by atoms with E-state index in [2.05, 4.69) is 156 Å². The van der Waals surface area contributed by atoms with Gasteiger partial charge in [-0.1, -0.05) is 143 Å². The Kier molecular flexibility index (Phi) is 9.82. The Morgan fingerprint density at radius 3 is 1.50 bits per heavy atom. The van der Waals surface area contributed by atoms with Crippen LogP contribution in [-0.2, 0) is 0 Å². The maximum atomic E-state index is 5.09. The first-order valence-electron chi connectivity index (χ1n) is 15.6. The number of nitrogens with zero attached hydrogens (tertiary/aromatic N) is 2. The van der Waals surface area contributed by atoms with Crippen LogP contribution in [0, 0.1) is 13.8 Å². The van der Waals surface area contributed by atoms with Crippen LogP contribution >= 0.6 is 0 Å². The molecule has 2 nitrogen and oxygen atoms in total. The highest BCUT2D eigenvalue weighted by molar-refractivity contribution is 6.13. The lowest BCUT2D eigenvalue weighted by atomic mass is 9.92. The summed E-state index contributed by atoms with van der Waals surface area (Å²) in [4.78, 5) is 9.64. The molecule has 6 aromatic rings. The molecule has 0 aliphatic rings. The molecular weight excluding hydrogens is 532 g/mol. The number of para-hydroxylation sites is 2. The summed E-state index contributed by atoms with van der Waals surface area (Å²) in [5, 5.41) is 5.00. The summed E-state index contributed by atoms with van der Waals surface area (Å²) in [5.74, 6) is 0.880. The predicted molar refractivity (Wildman–Crippen MR) is 193 cm³/mol. The molecule has 0 radical (unpaired) electrons. The van der Waals surface area contributed by atoms with Crippen LogP contribution in [0.15, 0.2) is 131 Å². The van der Waals surface area contributed by atoms with E-state index < -0.39 is 0 Å². The topological polar surface area (TPSA) is 24.7 Å². The van der Waals surface area contributed by atoms with Crippen LogP contribution in [0.2, 0.25) is 0 Å². The standard InChI is InChI=1S/C27H27N.C15H15N/c1-18(2)22-14-9-15-23(19(3)4)27(22)28-17-26-24-12-7-5-10-20(24)16-21-11-6-8-13-25(21)26;1-12-7-6-8-13(2)15(12)16-11-14-9-4-3-5-10-14/h5-19H,1-4H3;3-11H,1-2H3. The van der Waals surface area contributed by atoms with E-state index >= 15 is 0 Å². The first-order chi connectivity index (χ1) is 21.3. The lowest BCUT2D eigenvalue weighted by Gasteiger charge is -2.16. The molecule has 6 rings (SSSR count). The van der Waals surface area contributed by atoms with E-state index in [4.69, 9.17) is 4.99 Å². The zero-order valence-corrected chi connectivity index (χ0v) is 26.8. The molecule has 2 heteroatoms. The first-order valence-corrected chi connectivity index (χ1v) is 15.6. The van der Waals surface area contributed by atoms with Gasteiger partial charge in [-0.25, -0.2) is 0 Å². The fourth-order valence-corrected chi connectivity index (χ4v) is 5.67. The lowest BCUT2D eigenvalue weighted by Crippen LogP contribution is -1.96. The van der Waals surface area contributed by atoms with E-state index in [0.29, 0.717) is 11.8 Å². The molecule has 0 saturated carbocycles. The fourth-order valence-electron chi connectivity index (χ4n) is 5.67. The summed E-state index contributed by atoms with van der Waals surface area (Å²) < 4.78 is 0. The maximum absolute atomic E-state index is 5.09. The molecular formula is C42H42N2. The molecule has 0 aliphatic heterocycles. The summed E-state index contributed by atoms with van der Waals surface area (Å²) in [5.41, 5.74) is 9.58. The van der Waals surface area contributed by atoms with Gasteiger partial charge in [-0.3, -0.25) is 9.98 Å². The molecule has 0 heterocycles. The quantitative estimate of drug-likeness (QED) is 0.140. The molecule has 0 amide bonds. The molecule has 0 atom stereocenters. The van der Waals surface area contributed by atoms with Crippen LogP contribution < -0.4 is 0 Å². The summed E-state index contributed by atoms with van der Waals surface area (Å²) in [6.07, 6.45) is 3.99. The van der Waals surface area contributed by atoms with E-state index in [1.54, 1.807) is 0 Å². The minimum atomic E-state index is 0.440. The summed E-state index contributed by atoms with van der Waals surface area (Å²) in [7, 11) is 0. The van der Waals surface area contributed by atoms with Crippen LogP contribution in [0.4, 0.5) is 11.4 Å². The lowest BCUT2D eigenvalue weighted by molar-refractivity contribution is 0.835. The average molecular weight is 575 g/mol. The number of hydrogen-bond acceptors (Lipinski definition) is 2. The van der Waals surface area contributed by atoms with Crippen molar-refractivity contribution in [1.29, 1.82) is 0 Å². The van der Waals surface area contributed by atoms with E-state index in [0.717, 1.165) is 16.9 Å². The highest BCUT2D eigenvalue weighted by Gasteiger charge is 2.13. The van der Waals surface area contributed by atoms with Gasteiger partial charge in [0.2, 0.25) is 0 Å². The normalized spacial score (nSPS) is 11.6. The van der Waals surface area contributed by atoms with Crippen molar-refractivity contribution in [2.75, 3.05) is 0 Å². The zero-order valence-electron chi connectivity index (χ0n) is 26.8. The molecule has 0 saturated heterocycles. The second kappa shape index (κ2) is 14.1. The van der Waals surface area contributed by atoms with Crippen LogP contribution in [0.5, 0.6) is 0 Å². The molecule has 0 aromatic heterocycles. The van der Waals surface area contributed by atoms with Gasteiger partial charge in [0.25, 0.3) is 0 Å². The number of benzene rings is 6. The van der Waals surface area contributed by atoms with Crippen molar-refractivity contribution >= 4 is 45.3 Å². The Bertz CT molecular complexity index is 1830. The molecule has 0 bridgehead atoms. The molecule has 0 unspecified atom stereocenters. The Balaban J connectivity index is 0.000000204. The molecule has 0 N–H and O–H groups in total. The van der Waals surface area contributed by atoms with Crippen molar-refractivity contribution in [3.05, 3.63) is 155 Å². The van der Waals surface area contributed by atoms with Gasteiger partial charge in [-0.05, 0) is 81.1 Å². The Morgan fingerprint density at radius 1 is 0.477 bits per heavy atom. The maximum Gasteiger partial charge on any atom is 0.0699 e. The smallest absolute Gasteiger partial charge is 0.0699 e. The van der Waals surface area contributed by atoms with Crippen LogP contribution in [0.3, 0.4) is 0 Å². The Hall–Kier alpha value is -4.82. The van der Waals surface area contributed by atoms with Crippen molar-refractivity contribution in [2.45, 2.75) is 53.4 Å². The largest absolute Gasteiger partial charge is 0.256 e. The number of aliphatic imine (C=N–C) groups is 2. The average Bonchev–Trinajstić information content (AvgIpc) is 3.03. The van der Waals surface area contributed by atoms with Gasteiger partial charge in [0, 0.05) is 18.0 Å². The van der Waals surface area contributed by atoms with Crippen molar-refractivity contribution in [2.24, 2.45) is 9.98 Å². The van der Waals surface area contributed by atoms with E-state index in [1.807, 2.05) is 24.4 Å². The summed E-state index contributed by atoms with van der Waals surface area (Å²) in [6.45, 7) is 13.1. The number of rotatable bonds is 6. The second-order valence-corrected chi connectivity index (χ2v) is 12.0. The van der Waals surface area contributed by atoms with Crippen LogP contribution in [0.1, 0.15) is 72.9 Å². The third-order valence-corrected chi connectivity index (χ3v) is 8.06. The van der Waals surface area contributed by atoms with E-state index in [9.17, 15) is 0 Å². The molecule has 6 aromatic carbocycles. The second-order valence-electron chi connectivity index (χ2n) is 12.0. The van der Waals surface area contributed by atoms with Gasteiger partial charge < -0.3 is 0 Å². The van der Waals surface area contributed by atoms with Crippen molar-refractivity contribution in [3.8, 4) is 0 Å². The molecule has 220 valence electrons. The third-order valence-electron chi connectivity index (χ3n) is 8.06. The monoisotopic (exact) mass is 574 g/mol. The van der Waals surface area contributed by atoms with Gasteiger partial charge in [0.05, 0.1) is 11.4 Å². The van der Waals surface area contributed by atoms with Crippen molar-refractivity contribution < 1.29 is 0 Å². The minimum Gasteiger partial charge on any atom is -0.256 e. The molecule has 0 aliphatic carbocycles. The van der Waals surface area contributed by atoms with Gasteiger partial charge in [-0.15, -0.1) is 0 Å². The fraction of sp³-hybridized carbons (Fsp3) is 0.190. The van der Waals surface area contributed by atoms with Crippen molar-refractivity contribution in [3.63, 3.8) is 0 Å². The molecule has 44 heavy (non-hydrogen) atoms. The number of hydrogen-bond donors (Lipinski definition) is 0. The van der Waals surface area contributed by atoms with E-state index in [1.165, 1.54) is 49.4 Å². The summed E-state index contributed by atoms with van der Waals surface area (Å²) >= 11 is 0. The van der Waals surface area contributed by atoms with Gasteiger partial charge >= 0.3 is 0 Å². The van der Waals surface area contributed by atoms with Crippen LogP contribution in [-0.4, -0.2) is 12.4 Å². The van der Waals surface area contributed by atoms with Gasteiger partial charge in [0.15, 0.2) is 0 Å².